The molecular weight excluding hydrogens is 379 g/mol. The minimum absolute atomic E-state index is 0.169. The number of sulfonamides is 1. The second-order valence-electron chi connectivity index (χ2n) is 5.44. The van der Waals surface area contributed by atoms with Gasteiger partial charge in [0, 0.05) is 5.69 Å². The quantitative estimate of drug-likeness (QED) is 0.682. The molecule has 0 aliphatic rings. The predicted octanol–water partition coefficient (Wildman–Crippen LogP) is 1.42. The molecule has 0 aliphatic heterocycles. The molecule has 0 unspecified atom stereocenters. The molecule has 2 aromatic carbocycles. The summed E-state index contributed by atoms with van der Waals surface area (Å²) in [5, 5.41) is 7.45. The van der Waals surface area contributed by atoms with Crippen molar-refractivity contribution >= 4 is 27.6 Å². The van der Waals surface area contributed by atoms with Gasteiger partial charge in [0.1, 0.15) is 11.6 Å². The van der Waals surface area contributed by atoms with Crippen LogP contribution in [-0.4, -0.2) is 33.0 Å². The lowest BCUT2D eigenvalue weighted by Gasteiger charge is -2.14. The molecule has 0 bridgehead atoms. The number of benzene rings is 2. The fraction of sp³-hybridized carbons (Fsp3) is 0.176. The van der Waals surface area contributed by atoms with Gasteiger partial charge in [-0.05, 0) is 49.4 Å². The molecule has 8 nitrogen and oxygen atoms in total. The van der Waals surface area contributed by atoms with E-state index >= 15 is 0 Å². The molecule has 0 aliphatic carbocycles. The van der Waals surface area contributed by atoms with Crippen LogP contribution in [0.2, 0.25) is 0 Å². The minimum Gasteiger partial charge on any atom is -0.482 e. The van der Waals surface area contributed by atoms with Gasteiger partial charge in [0.15, 0.2) is 12.7 Å². The molecule has 3 N–H and O–H groups in total. The van der Waals surface area contributed by atoms with Gasteiger partial charge in [-0.25, -0.2) is 22.7 Å². The summed E-state index contributed by atoms with van der Waals surface area (Å²) >= 11 is 0. The third-order valence-corrected chi connectivity index (χ3v) is 4.19. The molecule has 2 aromatic rings. The summed E-state index contributed by atoms with van der Waals surface area (Å²) in [5.41, 5.74) is 0.178. The number of anilines is 1. The number of carbonyl (C=O) groups excluding carboxylic acids is 2. The number of carbonyl (C=O) groups is 2. The Kier molecular flexibility index (Phi) is 6.48. The Balaban J connectivity index is 1.87. The number of esters is 1. The van der Waals surface area contributed by atoms with E-state index in [0.29, 0.717) is 0 Å². The van der Waals surface area contributed by atoms with Gasteiger partial charge in [-0.15, -0.1) is 0 Å². The molecule has 0 fully saturated rings. The molecule has 1 atom stereocenters. The molecule has 0 heterocycles. The monoisotopic (exact) mass is 396 g/mol. The molecular formula is C17H17FN2O6S. The molecule has 0 saturated carbocycles. The van der Waals surface area contributed by atoms with Crippen LogP contribution in [-0.2, 0) is 24.3 Å². The topological polar surface area (TPSA) is 125 Å². The lowest BCUT2D eigenvalue weighted by atomic mass is 10.3. The number of hydrogen-bond donors (Lipinski definition) is 2. The van der Waals surface area contributed by atoms with Crippen molar-refractivity contribution < 1.29 is 31.9 Å². The molecule has 1 amide bonds. The van der Waals surface area contributed by atoms with Crippen LogP contribution < -0.4 is 15.2 Å². The average molecular weight is 396 g/mol. The van der Waals surface area contributed by atoms with Gasteiger partial charge in [-0.2, -0.15) is 0 Å². The molecule has 0 spiro atoms. The molecule has 2 rings (SSSR count). The van der Waals surface area contributed by atoms with Crippen molar-refractivity contribution in [3.63, 3.8) is 0 Å². The summed E-state index contributed by atoms with van der Waals surface area (Å²) in [5.74, 6) is -1.65. The first-order valence-electron chi connectivity index (χ1n) is 7.67. The molecule has 0 saturated heterocycles. The number of nitrogens with two attached hydrogens (primary N) is 1. The highest BCUT2D eigenvalue weighted by atomic mass is 32.2. The number of hydrogen-bond acceptors (Lipinski definition) is 6. The first-order chi connectivity index (χ1) is 12.6. The highest BCUT2D eigenvalue weighted by molar-refractivity contribution is 7.89. The first kappa shape index (κ1) is 20.3. The SMILES string of the molecule is C[C@H](OC(=O)COc1ccc(F)cc1)C(=O)Nc1cccc(S(N)(=O)=O)c1. The maximum atomic E-state index is 12.8. The fourth-order valence-corrected chi connectivity index (χ4v) is 2.51. The van der Waals surface area contributed by atoms with Gasteiger partial charge in [-0.1, -0.05) is 6.07 Å². The fourth-order valence-electron chi connectivity index (χ4n) is 1.95. The summed E-state index contributed by atoms with van der Waals surface area (Å²) in [4.78, 5) is 23.6. The van der Waals surface area contributed by atoms with E-state index in [1.165, 1.54) is 55.5 Å². The van der Waals surface area contributed by atoms with E-state index in [4.69, 9.17) is 14.6 Å². The normalized spacial score (nSPS) is 12.1. The number of rotatable bonds is 7. The Hall–Kier alpha value is -2.98. The predicted molar refractivity (Wildman–Crippen MR) is 93.9 cm³/mol. The van der Waals surface area contributed by atoms with E-state index in [9.17, 15) is 22.4 Å². The van der Waals surface area contributed by atoms with Crippen LogP contribution >= 0.6 is 0 Å². The van der Waals surface area contributed by atoms with Crippen molar-refractivity contribution in [2.24, 2.45) is 5.14 Å². The van der Waals surface area contributed by atoms with E-state index in [0.717, 1.165) is 0 Å². The minimum atomic E-state index is -3.91. The summed E-state index contributed by atoms with van der Waals surface area (Å²) in [6.07, 6.45) is -1.16. The van der Waals surface area contributed by atoms with Gasteiger partial charge >= 0.3 is 5.97 Å². The van der Waals surface area contributed by atoms with Gasteiger partial charge in [-0.3, -0.25) is 4.79 Å². The van der Waals surface area contributed by atoms with E-state index in [1.807, 2.05) is 0 Å². The van der Waals surface area contributed by atoms with Gasteiger partial charge < -0.3 is 14.8 Å². The van der Waals surface area contributed by atoms with Gasteiger partial charge in [0.05, 0.1) is 4.90 Å². The molecule has 27 heavy (non-hydrogen) atoms. The standard InChI is InChI=1S/C17H17FN2O6S/c1-11(26-16(21)10-25-14-7-5-12(18)6-8-14)17(22)20-13-3-2-4-15(9-13)27(19,23)24/h2-9,11H,10H2,1H3,(H,20,22)(H2,19,23,24)/t11-/m0/s1. The zero-order valence-electron chi connectivity index (χ0n) is 14.2. The van der Waals surface area contributed by atoms with Crippen LogP contribution in [0.4, 0.5) is 10.1 Å². The number of primary sulfonamides is 1. The van der Waals surface area contributed by atoms with Crippen LogP contribution in [0.5, 0.6) is 5.75 Å². The van der Waals surface area contributed by atoms with Crippen molar-refractivity contribution in [1.29, 1.82) is 0 Å². The van der Waals surface area contributed by atoms with Crippen molar-refractivity contribution in [3.8, 4) is 5.75 Å². The maximum Gasteiger partial charge on any atom is 0.344 e. The lowest BCUT2D eigenvalue weighted by molar-refractivity contribution is -0.155. The lowest BCUT2D eigenvalue weighted by Crippen LogP contribution is -2.31. The van der Waals surface area contributed by atoms with Crippen molar-refractivity contribution in [2.75, 3.05) is 11.9 Å². The Labute approximate surface area is 155 Å². The third kappa shape index (κ3) is 6.35. The summed E-state index contributed by atoms with van der Waals surface area (Å²) in [7, 11) is -3.91. The van der Waals surface area contributed by atoms with E-state index in [1.54, 1.807) is 0 Å². The van der Waals surface area contributed by atoms with Crippen LogP contribution in [0, 0.1) is 5.82 Å². The smallest absolute Gasteiger partial charge is 0.344 e. The van der Waals surface area contributed by atoms with Crippen molar-refractivity contribution in [1.82, 2.24) is 0 Å². The molecule has 10 heteroatoms. The van der Waals surface area contributed by atoms with Crippen LogP contribution in [0.3, 0.4) is 0 Å². The zero-order chi connectivity index (χ0) is 20.0. The van der Waals surface area contributed by atoms with Crippen LogP contribution in [0.15, 0.2) is 53.4 Å². The van der Waals surface area contributed by atoms with E-state index in [2.05, 4.69) is 5.32 Å². The number of nitrogens with one attached hydrogen (secondary N) is 1. The van der Waals surface area contributed by atoms with Crippen molar-refractivity contribution in [3.05, 3.63) is 54.3 Å². The Morgan fingerprint density at radius 3 is 2.48 bits per heavy atom. The Morgan fingerprint density at radius 1 is 1.19 bits per heavy atom. The molecule has 144 valence electrons. The van der Waals surface area contributed by atoms with E-state index < -0.39 is 40.4 Å². The second-order valence-corrected chi connectivity index (χ2v) is 7.00. The highest BCUT2D eigenvalue weighted by Gasteiger charge is 2.19. The summed E-state index contributed by atoms with van der Waals surface area (Å²) < 4.78 is 45.5. The van der Waals surface area contributed by atoms with Gasteiger partial charge in [0.2, 0.25) is 10.0 Å². The van der Waals surface area contributed by atoms with Crippen molar-refractivity contribution in [2.45, 2.75) is 17.9 Å². The van der Waals surface area contributed by atoms with E-state index in [-0.39, 0.29) is 16.3 Å². The Bertz CT molecular complexity index is 931. The number of halogens is 1. The first-order valence-corrected chi connectivity index (χ1v) is 9.21. The average Bonchev–Trinajstić information content (AvgIpc) is 2.60. The number of amides is 1. The summed E-state index contributed by atoms with van der Waals surface area (Å²) in [6, 6.07) is 10.4. The van der Waals surface area contributed by atoms with Gasteiger partial charge in [0.25, 0.3) is 5.91 Å². The zero-order valence-corrected chi connectivity index (χ0v) is 15.0. The highest BCUT2D eigenvalue weighted by Crippen LogP contribution is 2.15. The largest absolute Gasteiger partial charge is 0.482 e. The number of ether oxygens (including phenoxy) is 2. The molecule has 0 aromatic heterocycles. The van der Waals surface area contributed by atoms with Crippen LogP contribution in [0.25, 0.3) is 0 Å². The summed E-state index contributed by atoms with van der Waals surface area (Å²) in [6.45, 7) is 0.874. The Morgan fingerprint density at radius 2 is 1.85 bits per heavy atom. The molecule has 0 radical (unpaired) electrons. The third-order valence-electron chi connectivity index (χ3n) is 3.28. The van der Waals surface area contributed by atoms with Crippen LogP contribution in [0.1, 0.15) is 6.92 Å². The second kappa shape index (κ2) is 8.60. The maximum absolute atomic E-state index is 12.8.